The van der Waals surface area contributed by atoms with Crippen LogP contribution in [0.3, 0.4) is 0 Å². The molecule has 6 rings (SSSR count). The normalized spacial score (nSPS) is 32.8. The first kappa shape index (κ1) is 27.5. The summed E-state index contributed by atoms with van der Waals surface area (Å²) in [4.78, 5) is 14.1. The molecule has 5 fully saturated rings. The average Bonchev–Trinajstić information content (AvgIpc) is 2.91. The maximum atomic E-state index is 15.0. The summed E-state index contributed by atoms with van der Waals surface area (Å²) in [6.07, 6.45) is 2.97. The Balaban J connectivity index is 1.25. The van der Waals surface area contributed by atoms with Crippen LogP contribution in [0.25, 0.3) is 6.08 Å². The highest BCUT2D eigenvalue weighted by Crippen LogP contribution is 2.64. The van der Waals surface area contributed by atoms with Crippen molar-refractivity contribution in [3.05, 3.63) is 42.0 Å². The molecular weight excluding hydrogens is 516 g/mol. The molecular formula is C27H31F6NO4. The lowest BCUT2D eigenvalue weighted by Crippen LogP contribution is -2.67. The van der Waals surface area contributed by atoms with Crippen LogP contribution in [0.2, 0.25) is 0 Å². The van der Waals surface area contributed by atoms with Gasteiger partial charge >= 0.3 is 23.7 Å². The van der Waals surface area contributed by atoms with E-state index in [-0.39, 0.29) is 25.3 Å². The van der Waals surface area contributed by atoms with E-state index < -0.39 is 66.7 Å². The molecule has 11 heteroatoms. The van der Waals surface area contributed by atoms with Crippen molar-refractivity contribution in [3.63, 3.8) is 0 Å². The number of carbonyl (C=O) groups excluding carboxylic acids is 1. The predicted molar refractivity (Wildman–Crippen MR) is 125 cm³/mol. The molecule has 4 saturated carbocycles. The van der Waals surface area contributed by atoms with Crippen molar-refractivity contribution >= 4 is 12.0 Å². The van der Waals surface area contributed by atoms with Crippen molar-refractivity contribution in [2.45, 2.75) is 67.8 Å². The standard InChI is InChI=1S/C27H31F6NO4/c1-3-17-4-6-18(7-5-17)13-34(2)14-24(28,29)22(35)38-23-10-19-8-20(11-23)27(21(9-19)12-23)36-15-25(30,31)26(32,33)16-37-27/h3-7,19-21H,1,8-16H2,2H3. The van der Waals surface area contributed by atoms with Crippen molar-refractivity contribution in [2.24, 2.45) is 17.8 Å². The number of ether oxygens (including phenoxy) is 3. The summed E-state index contributed by atoms with van der Waals surface area (Å²) in [6.45, 7) is 0.00702. The van der Waals surface area contributed by atoms with Crippen LogP contribution in [0, 0.1) is 17.8 Å². The van der Waals surface area contributed by atoms with Gasteiger partial charge in [-0.3, -0.25) is 4.90 Å². The Hall–Kier alpha value is -2.11. The topological polar surface area (TPSA) is 48.0 Å². The summed E-state index contributed by atoms with van der Waals surface area (Å²) < 4.78 is 102. The van der Waals surface area contributed by atoms with E-state index in [1.54, 1.807) is 18.2 Å². The molecule has 2 atom stereocenters. The van der Waals surface area contributed by atoms with Gasteiger partial charge in [0, 0.05) is 18.4 Å². The third kappa shape index (κ3) is 4.75. The SMILES string of the molecule is C=Cc1ccc(CN(C)CC(F)(F)C(=O)OC23CC4CC(C2)C2(OCC(F)(F)C(F)(F)CO2)C(C4)C3)cc1. The van der Waals surface area contributed by atoms with E-state index in [1.165, 1.54) is 11.9 Å². The van der Waals surface area contributed by atoms with E-state index in [4.69, 9.17) is 14.2 Å². The zero-order valence-electron chi connectivity index (χ0n) is 21.0. The first-order valence-corrected chi connectivity index (χ1v) is 12.7. The molecule has 1 aromatic rings. The predicted octanol–water partition coefficient (Wildman–Crippen LogP) is 5.53. The molecule has 5 aliphatic rings. The fourth-order valence-electron chi connectivity index (χ4n) is 6.91. The van der Waals surface area contributed by atoms with Crippen LogP contribution in [0.15, 0.2) is 30.8 Å². The van der Waals surface area contributed by atoms with Crippen LogP contribution in [0.5, 0.6) is 0 Å². The van der Waals surface area contributed by atoms with Crippen LogP contribution in [0.1, 0.15) is 43.2 Å². The van der Waals surface area contributed by atoms with Gasteiger partial charge < -0.3 is 14.2 Å². The van der Waals surface area contributed by atoms with Gasteiger partial charge in [0.1, 0.15) is 18.8 Å². The van der Waals surface area contributed by atoms with Gasteiger partial charge in [-0.15, -0.1) is 0 Å². The van der Waals surface area contributed by atoms with Crippen molar-refractivity contribution in [1.29, 1.82) is 0 Å². The molecule has 0 radical (unpaired) electrons. The van der Waals surface area contributed by atoms with Gasteiger partial charge in [0.2, 0.25) is 0 Å². The van der Waals surface area contributed by atoms with Crippen molar-refractivity contribution in [3.8, 4) is 0 Å². The van der Waals surface area contributed by atoms with E-state index in [2.05, 4.69) is 6.58 Å². The lowest BCUT2D eigenvalue weighted by molar-refractivity contribution is -0.355. The molecule has 1 aromatic carbocycles. The van der Waals surface area contributed by atoms with Crippen LogP contribution in [-0.2, 0) is 25.5 Å². The quantitative estimate of drug-likeness (QED) is 0.332. The number of carbonyl (C=O) groups is 1. The number of benzene rings is 1. The van der Waals surface area contributed by atoms with Crippen LogP contribution < -0.4 is 0 Å². The molecule has 1 spiro atoms. The smallest absolute Gasteiger partial charge is 0.378 e. The van der Waals surface area contributed by atoms with Crippen molar-refractivity contribution in [2.75, 3.05) is 26.8 Å². The molecule has 0 N–H and O–H groups in total. The molecule has 2 unspecified atom stereocenters. The average molecular weight is 548 g/mol. The van der Waals surface area contributed by atoms with Gasteiger partial charge in [-0.2, -0.15) is 26.3 Å². The summed E-state index contributed by atoms with van der Waals surface area (Å²) in [7, 11) is 1.48. The van der Waals surface area contributed by atoms with Gasteiger partial charge in [0.05, 0.1) is 6.54 Å². The fraction of sp³-hybridized carbons (Fsp3) is 0.667. The number of alkyl halides is 6. The third-order valence-corrected chi connectivity index (χ3v) is 8.51. The first-order valence-electron chi connectivity index (χ1n) is 12.7. The highest BCUT2D eigenvalue weighted by atomic mass is 19.3. The Morgan fingerprint density at radius 3 is 2.13 bits per heavy atom. The van der Waals surface area contributed by atoms with Gasteiger partial charge in [-0.25, -0.2) is 4.79 Å². The highest BCUT2D eigenvalue weighted by molar-refractivity contribution is 5.78. The van der Waals surface area contributed by atoms with Crippen LogP contribution >= 0.6 is 0 Å². The Bertz CT molecular complexity index is 1040. The molecule has 0 aromatic heterocycles. The zero-order valence-corrected chi connectivity index (χ0v) is 21.0. The lowest BCUT2D eigenvalue weighted by Gasteiger charge is -2.63. The number of nitrogens with zero attached hydrogens (tertiary/aromatic N) is 1. The third-order valence-electron chi connectivity index (χ3n) is 8.51. The Kier molecular flexibility index (Phi) is 6.67. The summed E-state index contributed by atoms with van der Waals surface area (Å²) in [5.41, 5.74) is 0.448. The maximum Gasteiger partial charge on any atom is 0.378 e. The van der Waals surface area contributed by atoms with E-state index in [9.17, 15) is 22.4 Å². The number of hydrogen-bond acceptors (Lipinski definition) is 5. The molecule has 5 nitrogen and oxygen atoms in total. The summed E-state index contributed by atoms with van der Waals surface area (Å²) in [6, 6.07) is 7.20. The fourth-order valence-corrected chi connectivity index (χ4v) is 6.91. The largest absolute Gasteiger partial charge is 0.455 e. The summed E-state index contributed by atoms with van der Waals surface area (Å²) >= 11 is 0. The van der Waals surface area contributed by atoms with E-state index in [0.29, 0.717) is 19.3 Å². The molecule has 210 valence electrons. The minimum absolute atomic E-state index is 0.0303. The van der Waals surface area contributed by atoms with Gasteiger partial charge in [-0.1, -0.05) is 36.9 Å². The number of halogens is 6. The van der Waals surface area contributed by atoms with Gasteiger partial charge in [0.25, 0.3) is 0 Å². The number of hydrogen-bond donors (Lipinski definition) is 0. The first-order chi connectivity index (χ1) is 17.7. The van der Waals surface area contributed by atoms with Crippen molar-refractivity contribution < 1.29 is 45.3 Å². The minimum Gasteiger partial charge on any atom is -0.455 e. The second-order valence-corrected chi connectivity index (χ2v) is 11.4. The van der Waals surface area contributed by atoms with E-state index >= 15 is 8.78 Å². The second-order valence-electron chi connectivity index (χ2n) is 11.4. The second kappa shape index (κ2) is 9.23. The van der Waals surface area contributed by atoms with Gasteiger partial charge in [-0.05, 0) is 56.2 Å². The van der Waals surface area contributed by atoms with E-state index in [0.717, 1.165) is 11.1 Å². The minimum atomic E-state index is -4.39. The van der Waals surface area contributed by atoms with Crippen molar-refractivity contribution in [1.82, 2.24) is 4.90 Å². The van der Waals surface area contributed by atoms with E-state index in [1.807, 2.05) is 12.1 Å². The zero-order chi connectivity index (χ0) is 27.6. The molecule has 4 aliphatic carbocycles. The molecule has 1 heterocycles. The molecule has 0 amide bonds. The molecule has 4 bridgehead atoms. The Labute approximate surface area is 217 Å². The van der Waals surface area contributed by atoms with Crippen LogP contribution in [0.4, 0.5) is 26.3 Å². The lowest BCUT2D eigenvalue weighted by atomic mass is 9.51. The van der Waals surface area contributed by atoms with Gasteiger partial charge in [0.15, 0.2) is 5.79 Å². The Morgan fingerprint density at radius 2 is 1.61 bits per heavy atom. The number of rotatable bonds is 7. The van der Waals surface area contributed by atoms with Crippen LogP contribution in [-0.4, -0.2) is 66.8 Å². The summed E-state index contributed by atoms with van der Waals surface area (Å²) in [5, 5.41) is 0. The number of esters is 1. The monoisotopic (exact) mass is 547 g/mol. The summed E-state index contributed by atoms with van der Waals surface area (Å²) in [5.74, 6) is -17.2. The molecule has 1 aliphatic heterocycles. The molecule has 38 heavy (non-hydrogen) atoms. The maximum absolute atomic E-state index is 15.0. The molecule has 1 saturated heterocycles. The Morgan fingerprint density at radius 1 is 1.05 bits per heavy atom. The highest BCUT2D eigenvalue weighted by Gasteiger charge is 2.70.